The summed E-state index contributed by atoms with van der Waals surface area (Å²) in [6.45, 7) is 8.00. The van der Waals surface area contributed by atoms with Gasteiger partial charge in [-0.15, -0.1) is 0 Å². The molecule has 0 N–H and O–H groups in total. The van der Waals surface area contributed by atoms with E-state index in [4.69, 9.17) is 5.26 Å². The number of nitriles is 1. The van der Waals surface area contributed by atoms with Crippen molar-refractivity contribution in [1.29, 1.82) is 5.26 Å². The van der Waals surface area contributed by atoms with Crippen LogP contribution in [0, 0.1) is 17.2 Å². The zero-order valence-electron chi connectivity index (χ0n) is 11.1. The van der Waals surface area contributed by atoms with Crippen molar-refractivity contribution >= 4 is 0 Å². The van der Waals surface area contributed by atoms with Crippen LogP contribution in [0.4, 0.5) is 0 Å². The molecule has 2 fully saturated rings. The quantitative estimate of drug-likeness (QED) is 0.750. The monoisotopic (exact) mass is 235 g/mol. The van der Waals surface area contributed by atoms with Crippen LogP contribution in [-0.4, -0.2) is 48.6 Å². The Labute approximate surface area is 105 Å². The molecule has 17 heavy (non-hydrogen) atoms. The van der Waals surface area contributed by atoms with Gasteiger partial charge in [-0.05, 0) is 58.8 Å². The van der Waals surface area contributed by atoms with Crippen LogP contribution in [0.5, 0.6) is 0 Å². The Kier molecular flexibility index (Phi) is 4.82. The maximum Gasteiger partial charge on any atom is 0.0666 e. The molecule has 3 heteroatoms. The van der Waals surface area contributed by atoms with E-state index in [2.05, 4.69) is 15.9 Å². The topological polar surface area (TPSA) is 30.3 Å². The van der Waals surface area contributed by atoms with Gasteiger partial charge < -0.3 is 9.80 Å². The molecule has 2 aliphatic heterocycles. The summed E-state index contributed by atoms with van der Waals surface area (Å²) in [6.07, 6.45) is 6.82. The van der Waals surface area contributed by atoms with Gasteiger partial charge in [-0.1, -0.05) is 6.42 Å². The maximum atomic E-state index is 8.84. The van der Waals surface area contributed by atoms with Gasteiger partial charge in [0, 0.05) is 12.6 Å². The Bertz CT molecular complexity index is 257. The molecule has 0 saturated carbocycles. The van der Waals surface area contributed by atoms with E-state index in [0.29, 0.717) is 0 Å². The second-order valence-corrected chi connectivity index (χ2v) is 5.66. The highest BCUT2D eigenvalue weighted by Gasteiger charge is 2.25. The maximum absolute atomic E-state index is 8.84. The van der Waals surface area contributed by atoms with Crippen LogP contribution >= 0.6 is 0 Å². The summed E-state index contributed by atoms with van der Waals surface area (Å²) < 4.78 is 0. The highest BCUT2D eigenvalue weighted by Crippen LogP contribution is 2.21. The Morgan fingerprint density at radius 3 is 2.35 bits per heavy atom. The van der Waals surface area contributed by atoms with Crippen molar-refractivity contribution in [3.63, 3.8) is 0 Å². The number of hydrogen-bond donors (Lipinski definition) is 0. The molecule has 0 aromatic carbocycles. The highest BCUT2D eigenvalue weighted by atomic mass is 15.2. The fourth-order valence-electron chi connectivity index (χ4n) is 3.18. The molecule has 0 spiro atoms. The summed E-state index contributed by atoms with van der Waals surface area (Å²) >= 11 is 0. The zero-order chi connectivity index (χ0) is 12.1. The minimum atomic E-state index is 0.182. The lowest BCUT2D eigenvalue weighted by atomic mass is 9.99. The lowest BCUT2D eigenvalue weighted by Gasteiger charge is -2.40. The average Bonchev–Trinajstić information content (AvgIpc) is 2.40. The minimum absolute atomic E-state index is 0.182. The fourth-order valence-corrected chi connectivity index (χ4v) is 3.18. The largest absolute Gasteiger partial charge is 0.302 e. The molecule has 1 unspecified atom stereocenters. The van der Waals surface area contributed by atoms with Crippen LogP contribution in [-0.2, 0) is 0 Å². The molecule has 1 atom stereocenters. The molecule has 0 radical (unpaired) electrons. The first-order valence-electron chi connectivity index (χ1n) is 7.15. The molecular formula is C14H25N3. The van der Waals surface area contributed by atoms with Crippen LogP contribution < -0.4 is 0 Å². The fraction of sp³-hybridized carbons (Fsp3) is 0.929. The summed E-state index contributed by atoms with van der Waals surface area (Å²) in [7, 11) is 0. The lowest BCUT2D eigenvalue weighted by Crippen LogP contribution is -2.47. The Balaban J connectivity index is 1.72. The van der Waals surface area contributed by atoms with E-state index in [-0.39, 0.29) is 5.92 Å². The molecule has 2 aliphatic rings. The van der Waals surface area contributed by atoms with Gasteiger partial charge in [0.15, 0.2) is 0 Å². The van der Waals surface area contributed by atoms with Crippen molar-refractivity contribution in [3.8, 4) is 6.07 Å². The Hall–Kier alpha value is -0.590. The molecule has 2 saturated heterocycles. The number of rotatable bonds is 3. The third kappa shape index (κ3) is 3.69. The number of nitrogens with zero attached hydrogens (tertiary/aromatic N) is 3. The van der Waals surface area contributed by atoms with Gasteiger partial charge in [0.05, 0.1) is 12.0 Å². The normalized spacial score (nSPS) is 26.6. The molecule has 0 aromatic rings. The average molecular weight is 235 g/mol. The van der Waals surface area contributed by atoms with E-state index in [1.807, 2.05) is 6.92 Å². The summed E-state index contributed by atoms with van der Waals surface area (Å²) in [6, 6.07) is 3.16. The lowest BCUT2D eigenvalue weighted by molar-refractivity contribution is 0.0895. The molecule has 2 heterocycles. The van der Waals surface area contributed by atoms with Gasteiger partial charge in [0.25, 0.3) is 0 Å². The Morgan fingerprint density at radius 1 is 1.12 bits per heavy atom. The third-order valence-corrected chi connectivity index (χ3v) is 4.22. The van der Waals surface area contributed by atoms with E-state index >= 15 is 0 Å². The van der Waals surface area contributed by atoms with Crippen molar-refractivity contribution < 1.29 is 0 Å². The number of likely N-dealkylation sites (tertiary alicyclic amines) is 2. The van der Waals surface area contributed by atoms with Crippen LogP contribution in [0.15, 0.2) is 0 Å². The van der Waals surface area contributed by atoms with Crippen LogP contribution in [0.3, 0.4) is 0 Å². The van der Waals surface area contributed by atoms with Crippen LogP contribution in [0.25, 0.3) is 0 Å². The van der Waals surface area contributed by atoms with Crippen molar-refractivity contribution in [2.45, 2.75) is 45.1 Å². The summed E-state index contributed by atoms with van der Waals surface area (Å²) in [5, 5.41) is 8.84. The molecule has 0 amide bonds. The molecule has 3 nitrogen and oxygen atoms in total. The van der Waals surface area contributed by atoms with Crippen molar-refractivity contribution in [2.24, 2.45) is 5.92 Å². The molecular weight excluding hydrogens is 210 g/mol. The SMILES string of the molecule is CC(C#N)CN1CCC(N2CCCCC2)CC1. The second-order valence-electron chi connectivity index (χ2n) is 5.66. The summed E-state index contributed by atoms with van der Waals surface area (Å²) in [4.78, 5) is 5.17. The number of hydrogen-bond acceptors (Lipinski definition) is 3. The summed E-state index contributed by atoms with van der Waals surface area (Å²) in [5.74, 6) is 0.182. The predicted molar refractivity (Wildman–Crippen MR) is 69.7 cm³/mol. The first kappa shape index (κ1) is 12.9. The van der Waals surface area contributed by atoms with Gasteiger partial charge in [-0.25, -0.2) is 0 Å². The van der Waals surface area contributed by atoms with Gasteiger partial charge >= 0.3 is 0 Å². The minimum Gasteiger partial charge on any atom is -0.302 e. The van der Waals surface area contributed by atoms with Gasteiger partial charge in [-0.3, -0.25) is 0 Å². The van der Waals surface area contributed by atoms with E-state index in [1.165, 1.54) is 58.3 Å². The third-order valence-electron chi connectivity index (χ3n) is 4.22. The first-order valence-corrected chi connectivity index (χ1v) is 7.15. The standard InChI is InChI=1S/C14H25N3/c1-13(11-15)12-16-9-5-14(6-10-16)17-7-3-2-4-8-17/h13-14H,2-10,12H2,1H3. The first-order chi connectivity index (χ1) is 8.29. The molecule has 0 aliphatic carbocycles. The van der Waals surface area contributed by atoms with Gasteiger partial charge in [0.1, 0.15) is 0 Å². The highest BCUT2D eigenvalue weighted by molar-refractivity contribution is 4.86. The molecule has 96 valence electrons. The van der Waals surface area contributed by atoms with E-state index in [1.54, 1.807) is 0 Å². The van der Waals surface area contributed by atoms with Crippen molar-refractivity contribution in [1.82, 2.24) is 9.80 Å². The van der Waals surface area contributed by atoms with E-state index in [9.17, 15) is 0 Å². The van der Waals surface area contributed by atoms with Crippen molar-refractivity contribution in [2.75, 3.05) is 32.7 Å². The van der Waals surface area contributed by atoms with E-state index in [0.717, 1.165) is 12.6 Å². The second kappa shape index (κ2) is 6.37. The number of piperidine rings is 2. The predicted octanol–water partition coefficient (Wildman–Crippen LogP) is 2.10. The molecule has 0 bridgehead atoms. The van der Waals surface area contributed by atoms with Gasteiger partial charge in [0.2, 0.25) is 0 Å². The zero-order valence-corrected chi connectivity index (χ0v) is 11.1. The molecule has 0 aromatic heterocycles. The van der Waals surface area contributed by atoms with Gasteiger partial charge in [-0.2, -0.15) is 5.26 Å². The molecule has 2 rings (SSSR count). The smallest absolute Gasteiger partial charge is 0.0666 e. The van der Waals surface area contributed by atoms with Crippen molar-refractivity contribution in [3.05, 3.63) is 0 Å². The van der Waals surface area contributed by atoms with E-state index < -0.39 is 0 Å². The Morgan fingerprint density at radius 2 is 1.76 bits per heavy atom. The van der Waals surface area contributed by atoms with Crippen LogP contribution in [0.1, 0.15) is 39.0 Å². The summed E-state index contributed by atoms with van der Waals surface area (Å²) in [5.41, 5.74) is 0. The van der Waals surface area contributed by atoms with Crippen LogP contribution in [0.2, 0.25) is 0 Å².